The predicted octanol–water partition coefficient (Wildman–Crippen LogP) is 2.60. The fourth-order valence-corrected chi connectivity index (χ4v) is 4.28. The maximum atomic E-state index is 12.5. The van der Waals surface area contributed by atoms with E-state index in [1.165, 1.54) is 25.7 Å². The molecule has 0 spiro atoms. The van der Waals surface area contributed by atoms with E-state index in [0.717, 1.165) is 31.1 Å². The molecule has 1 amide bonds. The highest BCUT2D eigenvalue weighted by Gasteiger charge is 2.53. The van der Waals surface area contributed by atoms with Crippen LogP contribution in [0.3, 0.4) is 0 Å². The van der Waals surface area contributed by atoms with Crippen LogP contribution in [0.15, 0.2) is 4.52 Å². The Morgan fingerprint density at radius 2 is 2.10 bits per heavy atom. The van der Waals surface area contributed by atoms with E-state index < -0.39 is 0 Å². The molecule has 3 saturated carbocycles. The van der Waals surface area contributed by atoms with Crippen molar-refractivity contribution in [1.82, 2.24) is 15.5 Å². The summed E-state index contributed by atoms with van der Waals surface area (Å²) in [6.45, 7) is 2.84. The molecule has 0 aromatic carbocycles. The second kappa shape index (κ2) is 5.11. The Kier molecular flexibility index (Phi) is 3.23. The highest BCUT2D eigenvalue weighted by molar-refractivity contribution is 5.80. The Bertz CT molecular complexity index is 537. The Hall–Kier alpha value is -1.39. The van der Waals surface area contributed by atoms with Gasteiger partial charge in [-0.2, -0.15) is 4.98 Å². The average molecular weight is 289 g/mol. The highest BCUT2D eigenvalue weighted by atomic mass is 16.5. The van der Waals surface area contributed by atoms with Gasteiger partial charge in [0.1, 0.15) is 0 Å². The van der Waals surface area contributed by atoms with Crippen molar-refractivity contribution < 1.29 is 9.32 Å². The van der Waals surface area contributed by atoms with Gasteiger partial charge in [0.2, 0.25) is 11.8 Å². The molecular formula is C16H23N3O2. The van der Waals surface area contributed by atoms with Gasteiger partial charge in [0, 0.05) is 12.5 Å². The molecule has 114 valence electrons. The first-order chi connectivity index (χ1) is 10.3. The number of hydrogen-bond donors (Lipinski definition) is 1. The maximum absolute atomic E-state index is 12.5. The van der Waals surface area contributed by atoms with E-state index in [2.05, 4.69) is 22.4 Å². The van der Waals surface area contributed by atoms with Crippen molar-refractivity contribution in [3.05, 3.63) is 11.7 Å². The molecule has 0 unspecified atom stereocenters. The molecule has 1 heterocycles. The number of fused-ring (bicyclic) bond motifs is 2. The van der Waals surface area contributed by atoms with Gasteiger partial charge < -0.3 is 9.84 Å². The maximum Gasteiger partial charge on any atom is 0.230 e. The minimum absolute atomic E-state index is 0.0443. The second-order valence-corrected chi connectivity index (χ2v) is 6.94. The molecule has 1 N–H and O–H groups in total. The molecule has 1 aromatic heterocycles. The third-order valence-corrected chi connectivity index (χ3v) is 5.45. The molecule has 0 radical (unpaired) electrons. The van der Waals surface area contributed by atoms with Crippen LogP contribution in [0.1, 0.15) is 69.0 Å². The largest absolute Gasteiger partial charge is 0.356 e. The van der Waals surface area contributed by atoms with Crippen molar-refractivity contribution in [2.24, 2.45) is 17.8 Å². The van der Waals surface area contributed by atoms with Gasteiger partial charge in [-0.1, -0.05) is 12.1 Å². The molecule has 5 nitrogen and oxygen atoms in total. The van der Waals surface area contributed by atoms with Gasteiger partial charge in [0.05, 0.1) is 11.8 Å². The van der Waals surface area contributed by atoms with E-state index in [1.54, 1.807) is 0 Å². The van der Waals surface area contributed by atoms with Crippen LogP contribution in [0, 0.1) is 17.8 Å². The number of carbonyl (C=O) groups is 1. The number of aromatic nitrogens is 2. The summed E-state index contributed by atoms with van der Waals surface area (Å²) in [6, 6.07) is 0. The van der Waals surface area contributed by atoms with E-state index in [1.807, 2.05) is 0 Å². The zero-order valence-corrected chi connectivity index (χ0v) is 12.5. The van der Waals surface area contributed by atoms with E-state index in [-0.39, 0.29) is 17.7 Å². The zero-order valence-electron chi connectivity index (χ0n) is 12.5. The molecule has 1 aromatic rings. The SMILES string of the molecule is CCCNC(=O)[C@H]1[C@H]2CC[C@H](C2)[C@@H]1c1nc(C2CC2)no1. The molecule has 4 rings (SSSR count). The molecule has 0 saturated heterocycles. The molecule has 3 aliphatic rings. The van der Waals surface area contributed by atoms with Crippen molar-refractivity contribution in [1.29, 1.82) is 0 Å². The van der Waals surface area contributed by atoms with Gasteiger partial charge in [0.15, 0.2) is 5.82 Å². The monoisotopic (exact) mass is 289 g/mol. The van der Waals surface area contributed by atoms with Gasteiger partial charge in [-0.3, -0.25) is 4.79 Å². The van der Waals surface area contributed by atoms with Gasteiger partial charge >= 0.3 is 0 Å². The van der Waals surface area contributed by atoms with E-state index in [0.29, 0.717) is 17.8 Å². The summed E-state index contributed by atoms with van der Waals surface area (Å²) in [6.07, 6.45) is 6.86. The lowest BCUT2D eigenvalue weighted by Crippen LogP contribution is -2.37. The molecule has 4 atom stereocenters. The summed E-state index contributed by atoms with van der Waals surface area (Å²) in [5.74, 6) is 3.55. The topological polar surface area (TPSA) is 68.0 Å². The van der Waals surface area contributed by atoms with Crippen molar-refractivity contribution in [2.45, 2.75) is 57.3 Å². The van der Waals surface area contributed by atoms with Gasteiger partial charge in [-0.25, -0.2) is 0 Å². The molecule has 21 heavy (non-hydrogen) atoms. The average Bonchev–Trinajstić information content (AvgIpc) is 2.94. The van der Waals surface area contributed by atoms with E-state index >= 15 is 0 Å². The van der Waals surface area contributed by atoms with Crippen LogP contribution in [0.5, 0.6) is 0 Å². The third kappa shape index (κ3) is 2.27. The minimum Gasteiger partial charge on any atom is -0.356 e. The summed E-state index contributed by atoms with van der Waals surface area (Å²) in [7, 11) is 0. The van der Waals surface area contributed by atoms with Crippen LogP contribution in [-0.4, -0.2) is 22.6 Å². The number of hydrogen-bond acceptors (Lipinski definition) is 4. The first kappa shape index (κ1) is 13.3. The summed E-state index contributed by atoms with van der Waals surface area (Å²) in [5, 5.41) is 7.22. The Labute approximate surface area is 124 Å². The lowest BCUT2D eigenvalue weighted by atomic mass is 9.78. The number of nitrogens with zero attached hydrogens (tertiary/aromatic N) is 2. The fraction of sp³-hybridized carbons (Fsp3) is 0.812. The van der Waals surface area contributed by atoms with Crippen molar-refractivity contribution >= 4 is 5.91 Å². The summed E-state index contributed by atoms with van der Waals surface area (Å²) < 4.78 is 5.55. The van der Waals surface area contributed by atoms with Crippen LogP contribution < -0.4 is 5.32 Å². The zero-order chi connectivity index (χ0) is 14.4. The van der Waals surface area contributed by atoms with Gasteiger partial charge in [-0.05, 0) is 50.4 Å². The third-order valence-electron chi connectivity index (χ3n) is 5.45. The van der Waals surface area contributed by atoms with Crippen LogP contribution in [0.2, 0.25) is 0 Å². The van der Waals surface area contributed by atoms with Crippen molar-refractivity contribution in [3.63, 3.8) is 0 Å². The van der Waals surface area contributed by atoms with Gasteiger partial charge in [0.25, 0.3) is 0 Å². The second-order valence-electron chi connectivity index (χ2n) is 6.94. The number of rotatable bonds is 5. The van der Waals surface area contributed by atoms with Gasteiger partial charge in [-0.15, -0.1) is 0 Å². The van der Waals surface area contributed by atoms with Crippen molar-refractivity contribution in [2.75, 3.05) is 6.54 Å². The van der Waals surface area contributed by atoms with Crippen LogP contribution in [-0.2, 0) is 4.79 Å². The van der Waals surface area contributed by atoms with E-state index in [9.17, 15) is 4.79 Å². The van der Waals surface area contributed by atoms with E-state index in [4.69, 9.17) is 4.52 Å². The van der Waals surface area contributed by atoms with Crippen LogP contribution in [0.25, 0.3) is 0 Å². The standard InChI is InChI=1S/C16H23N3O2/c1-2-7-17-15(20)12-10-5-6-11(8-10)13(12)16-18-14(19-21-16)9-3-4-9/h9-13H,2-8H2,1H3,(H,17,20)/t10-,11+,12-,13-/m0/s1. The highest BCUT2D eigenvalue weighted by Crippen LogP contribution is 2.56. The lowest BCUT2D eigenvalue weighted by Gasteiger charge is -2.27. The fourth-order valence-electron chi connectivity index (χ4n) is 4.28. The molecule has 3 aliphatic carbocycles. The summed E-state index contributed by atoms with van der Waals surface area (Å²) in [4.78, 5) is 17.2. The lowest BCUT2D eigenvalue weighted by molar-refractivity contribution is -0.127. The number of amides is 1. The first-order valence-electron chi connectivity index (χ1n) is 8.39. The normalized spacial score (nSPS) is 34.3. The Balaban J connectivity index is 1.56. The minimum atomic E-state index is 0.0443. The molecule has 0 aliphatic heterocycles. The Morgan fingerprint density at radius 3 is 2.86 bits per heavy atom. The summed E-state index contributed by atoms with van der Waals surface area (Å²) in [5.41, 5.74) is 0. The molecule has 3 fully saturated rings. The van der Waals surface area contributed by atoms with Crippen LogP contribution in [0.4, 0.5) is 0 Å². The smallest absolute Gasteiger partial charge is 0.230 e. The molecular weight excluding hydrogens is 266 g/mol. The number of carbonyl (C=O) groups excluding carboxylic acids is 1. The molecule has 2 bridgehead atoms. The quantitative estimate of drug-likeness (QED) is 0.904. The van der Waals surface area contributed by atoms with Crippen molar-refractivity contribution in [3.8, 4) is 0 Å². The molecule has 5 heteroatoms. The first-order valence-corrected chi connectivity index (χ1v) is 8.39. The summed E-state index contributed by atoms with van der Waals surface area (Å²) >= 11 is 0. The number of nitrogens with one attached hydrogen (secondary N) is 1. The predicted molar refractivity (Wildman–Crippen MR) is 76.6 cm³/mol. The van der Waals surface area contributed by atoms with Crippen LogP contribution >= 0.6 is 0 Å². The Morgan fingerprint density at radius 1 is 1.29 bits per heavy atom.